The number of nitrogens with one attached hydrogen (secondary N) is 2. The Labute approximate surface area is 224 Å². The first-order valence-electron chi connectivity index (χ1n) is 11.8. The van der Waals surface area contributed by atoms with Crippen LogP contribution in [0.2, 0.25) is 0 Å². The fourth-order valence-electron chi connectivity index (χ4n) is 4.40. The highest BCUT2D eigenvalue weighted by molar-refractivity contribution is 7.19. The van der Waals surface area contributed by atoms with E-state index in [0.717, 1.165) is 20.5 Å². The summed E-state index contributed by atoms with van der Waals surface area (Å²) in [7, 11) is 0. The van der Waals surface area contributed by atoms with Crippen LogP contribution < -0.4 is 21.9 Å². The summed E-state index contributed by atoms with van der Waals surface area (Å²) in [5, 5.41) is 7.23. The van der Waals surface area contributed by atoms with Gasteiger partial charge in [0.25, 0.3) is 11.5 Å². The summed E-state index contributed by atoms with van der Waals surface area (Å²) in [6, 6.07) is 12.6. The van der Waals surface area contributed by atoms with E-state index in [2.05, 4.69) is 25.6 Å². The summed E-state index contributed by atoms with van der Waals surface area (Å²) in [6.07, 6.45) is 5.48. The number of anilines is 2. The molecule has 1 aromatic carbocycles. The Morgan fingerprint density at radius 2 is 1.89 bits per heavy atom. The molecule has 0 spiro atoms. The lowest BCUT2D eigenvalue weighted by molar-refractivity contribution is -0.124. The standard InChI is InChI=1S/C26H21N7O3S2/c27-21-9-19-15(10-28-21)8-16(37-19)11-30-23(34)18-6-7-22-29-12-17(26(36)33(18)22)32-24(35)20-13-31-25(38-20)14-4-2-1-3-5-14/h1-5,8-10,12-13,18H,6-7,11H2,(H2,27,28)(H,30,34)(H,32,35)/t18-/m0/s1. The molecule has 5 heterocycles. The number of aryl methyl sites for hydroxylation is 1. The Morgan fingerprint density at radius 3 is 2.74 bits per heavy atom. The lowest BCUT2D eigenvalue weighted by Crippen LogP contribution is -2.36. The van der Waals surface area contributed by atoms with Crippen LogP contribution in [-0.2, 0) is 17.8 Å². The fourth-order valence-corrected chi connectivity index (χ4v) is 6.24. The molecular formula is C26H21N7O3S2. The zero-order valence-electron chi connectivity index (χ0n) is 19.9. The first kappa shape index (κ1) is 23.9. The number of benzene rings is 1. The van der Waals surface area contributed by atoms with Gasteiger partial charge in [-0.15, -0.1) is 22.7 Å². The molecule has 10 nitrogen and oxygen atoms in total. The minimum atomic E-state index is -0.707. The van der Waals surface area contributed by atoms with Crippen molar-refractivity contribution in [3.05, 3.63) is 87.0 Å². The highest BCUT2D eigenvalue weighted by atomic mass is 32.1. The van der Waals surface area contributed by atoms with Gasteiger partial charge in [0.1, 0.15) is 33.3 Å². The number of nitrogens with two attached hydrogens (primary N) is 1. The van der Waals surface area contributed by atoms with E-state index >= 15 is 0 Å². The molecular weight excluding hydrogens is 522 g/mol. The number of carbonyl (C=O) groups excluding carboxylic acids is 2. The van der Waals surface area contributed by atoms with E-state index in [1.54, 1.807) is 12.3 Å². The molecule has 1 aliphatic rings. The number of amides is 2. The first-order valence-corrected chi connectivity index (χ1v) is 13.4. The van der Waals surface area contributed by atoms with Crippen molar-refractivity contribution in [1.82, 2.24) is 24.8 Å². The number of thiazole rings is 1. The molecule has 0 saturated carbocycles. The fraction of sp³-hybridized carbons (Fsp3) is 0.154. The summed E-state index contributed by atoms with van der Waals surface area (Å²) in [6.45, 7) is 0.317. The van der Waals surface area contributed by atoms with Crippen molar-refractivity contribution in [2.75, 3.05) is 11.1 Å². The molecule has 0 aliphatic carbocycles. The van der Waals surface area contributed by atoms with Gasteiger partial charge in [0.15, 0.2) is 0 Å². The number of aromatic nitrogens is 4. The predicted molar refractivity (Wildman–Crippen MR) is 147 cm³/mol. The third-order valence-electron chi connectivity index (χ3n) is 6.23. The van der Waals surface area contributed by atoms with Gasteiger partial charge in [-0.3, -0.25) is 19.0 Å². The van der Waals surface area contributed by atoms with Crippen molar-refractivity contribution < 1.29 is 9.59 Å². The molecule has 1 atom stereocenters. The number of fused-ring (bicyclic) bond motifs is 2. The number of thiophene rings is 1. The molecule has 6 rings (SSSR count). The molecule has 4 aromatic heterocycles. The summed E-state index contributed by atoms with van der Waals surface area (Å²) in [4.78, 5) is 53.3. The SMILES string of the molecule is Nc1cc2sc(CNC(=O)[C@@H]3CCc4ncc(NC(=O)c5cnc(-c6ccccc6)s5)c(=O)n43)cc2cn1. The van der Waals surface area contributed by atoms with Gasteiger partial charge in [0, 0.05) is 33.1 Å². The minimum absolute atomic E-state index is 0.0164. The van der Waals surface area contributed by atoms with Crippen molar-refractivity contribution >= 4 is 56.1 Å². The predicted octanol–water partition coefficient (Wildman–Crippen LogP) is 3.61. The highest BCUT2D eigenvalue weighted by Gasteiger charge is 2.31. The third kappa shape index (κ3) is 4.55. The van der Waals surface area contributed by atoms with E-state index < -0.39 is 17.5 Å². The molecule has 38 heavy (non-hydrogen) atoms. The molecule has 0 saturated heterocycles. The van der Waals surface area contributed by atoms with Crippen LogP contribution >= 0.6 is 22.7 Å². The smallest absolute Gasteiger partial charge is 0.278 e. The molecule has 0 fully saturated rings. The van der Waals surface area contributed by atoms with Gasteiger partial charge < -0.3 is 16.4 Å². The van der Waals surface area contributed by atoms with Gasteiger partial charge in [0.05, 0.1) is 18.9 Å². The third-order valence-corrected chi connectivity index (χ3v) is 8.38. The highest BCUT2D eigenvalue weighted by Crippen LogP contribution is 2.28. The maximum absolute atomic E-state index is 13.3. The van der Waals surface area contributed by atoms with Crippen LogP contribution in [0.5, 0.6) is 0 Å². The van der Waals surface area contributed by atoms with Crippen LogP contribution in [0.4, 0.5) is 11.5 Å². The normalized spacial score (nSPS) is 14.4. The van der Waals surface area contributed by atoms with Crippen molar-refractivity contribution in [2.45, 2.75) is 25.4 Å². The number of carbonyl (C=O) groups is 2. The van der Waals surface area contributed by atoms with Crippen molar-refractivity contribution in [3.8, 4) is 10.6 Å². The van der Waals surface area contributed by atoms with E-state index in [1.807, 2.05) is 36.4 Å². The Kier molecular flexibility index (Phi) is 6.18. The largest absolute Gasteiger partial charge is 0.384 e. The van der Waals surface area contributed by atoms with Gasteiger partial charge in [-0.25, -0.2) is 15.0 Å². The number of rotatable bonds is 6. The van der Waals surface area contributed by atoms with Gasteiger partial charge >= 0.3 is 0 Å². The Bertz CT molecular complexity index is 1740. The molecule has 12 heteroatoms. The average molecular weight is 544 g/mol. The summed E-state index contributed by atoms with van der Waals surface area (Å²) in [5.74, 6) is 0.226. The summed E-state index contributed by atoms with van der Waals surface area (Å²) < 4.78 is 2.37. The van der Waals surface area contributed by atoms with Crippen molar-refractivity contribution in [3.63, 3.8) is 0 Å². The van der Waals surface area contributed by atoms with E-state index in [0.29, 0.717) is 40.9 Å². The van der Waals surface area contributed by atoms with Crippen LogP contribution in [0, 0.1) is 0 Å². The lowest BCUT2D eigenvalue weighted by atomic mass is 10.2. The summed E-state index contributed by atoms with van der Waals surface area (Å²) >= 11 is 2.76. The molecule has 190 valence electrons. The number of hydrogen-bond acceptors (Lipinski definition) is 9. The molecule has 0 radical (unpaired) electrons. The Hall–Kier alpha value is -4.42. The Morgan fingerprint density at radius 1 is 1.05 bits per heavy atom. The first-order chi connectivity index (χ1) is 18.5. The quantitative estimate of drug-likeness (QED) is 0.297. The molecule has 4 N–H and O–H groups in total. The van der Waals surface area contributed by atoms with Gasteiger partial charge in [-0.1, -0.05) is 30.3 Å². The monoisotopic (exact) mass is 543 g/mol. The van der Waals surface area contributed by atoms with Crippen LogP contribution in [0.25, 0.3) is 20.7 Å². The second-order valence-electron chi connectivity index (χ2n) is 8.75. The van der Waals surface area contributed by atoms with Crippen molar-refractivity contribution in [2.24, 2.45) is 0 Å². The topological polar surface area (TPSA) is 145 Å². The van der Waals surface area contributed by atoms with Crippen LogP contribution in [0.15, 0.2) is 65.8 Å². The van der Waals surface area contributed by atoms with Gasteiger partial charge in [0.2, 0.25) is 5.91 Å². The zero-order valence-corrected chi connectivity index (χ0v) is 21.5. The van der Waals surface area contributed by atoms with Crippen LogP contribution in [0.1, 0.15) is 32.8 Å². The molecule has 0 unspecified atom stereocenters. The lowest BCUT2D eigenvalue weighted by Gasteiger charge is -2.15. The Balaban J connectivity index is 1.17. The number of pyridine rings is 1. The minimum Gasteiger partial charge on any atom is -0.384 e. The maximum Gasteiger partial charge on any atom is 0.278 e. The zero-order chi connectivity index (χ0) is 26.2. The summed E-state index contributed by atoms with van der Waals surface area (Å²) in [5.41, 5.74) is 6.22. The maximum atomic E-state index is 13.3. The van der Waals surface area contributed by atoms with Gasteiger partial charge in [-0.2, -0.15) is 0 Å². The second kappa shape index (κ2) is 9.80. The molecule has 5 aromatic rings. The van der Waals surface area contributed by atoms with Crippen LogP contribution in [0.3, 0.4) is 0 Å². The molecule has 0 bridgehead atoms. The number of nitrogen functional groups attached to an aromatic ring is 1. The van der Waals surface area contributed by atoms with Gasteiger partial charge in [-0.05, 0) is 18.6 Å². The number of hydrogen-bond donors (Lipinski definition) is 3. The molecule has 1 aliphatic heterocycles. The van der Waals surface area contributed by atoms with E-state index in [1.165, 1.54) is 39.6 Å². The molecule has 2 amide bonds. The average Bonchev–Trinajstić information content (AvgIpc) is 3.67. The number of nitrogens with zero attached hydrogens (tertiary/aromatic N) is 4. The van der Waals surface area contributed by atoms with E-state index in [-0.39, 0.29) is 11.6 Å². The second-order valence-corrected chi connectivity index (χ2v) is 10.9. The van der Waals surface area contributed by atoms with E-state index in [9.17, 15) is 14.4 Å². The van der Waals surface area contributed by atoms with E-state index in [4.69, 9.17) is 5.73 Å². The van der Waals surface area contributed by atoms with Crippen molar-refractivity contribution in [1.29, 1.82) is 0 Å². The van der Waals surface area contributed by atoms with Crippen LogP contribution in [-0.4, -0.2) is 31.3 Å².